The molecule has 0 saturated heterocycles. The summed E-state index contributed by atoms with van der Waals surface area (Å²) in [5.74, 6) is -1.16. The van der Waals surface area contributed by atoms with E-state index < -0.39 is 24.0 Å². The number of carbonyl (C=O) groups excluding carboxylic acids is 1. The predicted molar refractivity (Wildman–Crippen MR) is 88.5 cm³/mol. The van der Waals surface area contributed by atoms with Gasteiger partial charge in [0.25, 0.3) is 5.91 Å². The van der Waals surface area contributed by atoms with Crippen LogP contribution in [0.15, 0.2) is 29.6 Å². The van der Waals surface area contributed by atoms with Crippen LogP contribution in [0.5, 0.6) is 5.75 Å². The Kier molecular flexibility index (Phi) is 5.88. The van der Waals surface area contributed by atoms with Crippen molar-refractivity contribution in [2.45, 2.75) is 25.5 Å². The third-order valence-corrected chi connectivity index (χ3v) is 4.18. The molecule has 1 aromatic heterocycles. The van der Waals surface area contributed by atoms with Crippen LogP contribution in [0.1, 0.15) is 28.0 Å². The Morgan fingerprint density at radius 1 is 1.33 bits per heavy atom. The minimum atomic E-state index is -1.37. The summed E-state index contributed by atoms with van der Waals surface area (Å²) in [6.07, 6.45) is -0.649. The van der Waals surface area contributed by atoms with Crippen LogP contribution in [-0.4, -0.2) is 46.3 Å². The van der Waals surface area contributed by atoms with E-state index in [9.17, 15) is 14.7 Å². The van der Waals surface area contributed by atoms with Gasteiger partial charge in [0, 0.05) is 11.8 Å². The molecule has 2 unspecified atom stereocenters. The zero-order chi connectivity index (χ0) is 17.7. The molecule has 0 aliphatic carbocycles. The molecule has 1 aromatic carbocycles. The lowest BCUT2D eigenvalue weighted by Crippen LogP contribution is -2.47. The highest BCUT2D eigenvalue weighted by atomic mass is 32.1. The highest BCUT2D eigenvalue weighted by Gasteiger charge is 2.26. The maximum absolute atomic E-state index is 12.1. The van der Waals surface area contributed by atoms with Gasteiger partial charge < -0.3 is 20.3 Å². The van der Waals surface area contributed by atoms with E-state index in [1.165, 1.54) is 18.3 Å². The molecule has 1 amide bonds. The maximum Gasteiger partial charge on any atom is 0.328 e. The largest absolute Gasteiger partial charge is 0.497 e. The summed E-state index contributed by atoms with van der Waals surface area (Å²) in [6, 6.07) is 6.14. The van der Waals surface area contributed by atoms with Gasteiger partial charge in [-0.05, 0) is 24.6 Å². The molecule has 2 aromatic rings. The van der Waals surface area contributed by atoms with Crippen LogP contribution in [0, 0.1) is 0 Å². The van der Waals surface area contributed by atoms with Crippen molar-refractivity contribution in [3.63, 3.8) is 0 Å². The number of thiazole rings is 1. The standard InChI is InChI=1S/C16H18N2O5S/c1-9(19)14(16(21)22)18-15(20)12-8-24-13(17-12)7-10-3-5-11(23-2)6-4-10/h3-6,8-9,14,19H,7H2,1-2H3,(H,18,20)(H,21,22). The minimum absolute atomic E-state index is 0.135. The molecular formula is C16H18N2O5S. The third-order valence-electron chi connectivity index (χ3n) is 3.33. The second-order valence-corrected chi connectivity index (χ2v) is 6.12. The second kappa shape index (κ2) is 7.89. The summed E-state index contributed by atoms with van der Waals surface area (Å²) in [5, 5.41) is 22.9. The van der Waals surface area contributed by atoms with Gasteiger partial charge in [0.15, 0.2) is 6.04 Å². The Hall–Kier alpha value is -2.45. The molecule has 128 valence electrons. The summed E-state index contributed by atoms with van der Waals surface area (Å²) in [4.78, 5) is 27.3. The van der Waals surface area contributed by atoms with Gasteiger partial charge in [0.05, 0.1) is 18.2 Å². The van der Waals surface area contributed by atoms with Crippen molar-refractivity contribution in [2.75, 3.05) is 7.11 Å². The molecule has 0 saturated carbocycles. The van der Waals surface area contributed by atoms with Crippen molar-refractivity contribution in [2.24, 2.45) is 0 Å². The number of benzene rings is 1. The number of methoxy groups -OCH3 is 1. The van der Waals surface area contributed by atoms with Gasteiger partial charge in [-0.3, -0.25) is 4.79 Å². The molecule has 2 atom stereocenters. The van der Waals surface area contributed by atoms with E-state index in [2.05, 4.69) is 10.3 Å². The van der Waals surface area contributed by atoms with Gasteiger partial charge in [-0.15, -0.1) is 11.3 Å². The molecule has 0 fully saturated rings. The predicted octanol–water partition coefficient (Wildman–Crippen LogP) is 1.31. The molecule has 0 spiro atoms. The molecule has 0 radical (unpaired) electrons. The van der Waals surface area contributed by atoms with Gasteiger partial charge in [-0.1, -0.05) is 12.1 Å². The van der Waals surface area contributed by atoms with Gasteiger partial charge in [0.2, 0.25) is 0 Å². The molecule has 24 heavy (non-hydrogen) atoms. The van der Waals surface area contributed by atoms with E-state index >= 15 is 0 Å². The molecule has 7 nitrogen and oxygen atoms in total. The first kappa shape index (κ1) is 17.9. The quantitative estimate of drug-likeness (QED) is 0.695. The van der Waals surface area contributed by atoms with Crippen molar-refractivity contribution >= 4 is 23.2 Å². The van der Waals surface area contributed by atoms with E-state index in [1.54, 1.807) is 12.5 Å². The number of nitrogens with zero attached hydrogens (tertiary/aromatic N) is 1. The number of amides is 1. The van der Waals surface area contributed by atoms with Crippen molar-refractivity contribution in [3.8, 4) is 5.75 Å². The number of ether oxygens (including phenoxy) is 1. The second-order valence-electron chi connectivity index (χ2n) is 5.18. The van der Waals surface area contributed by atoms with Crippen molar-refractivity contribution in [1.82, 2.24) is 10.3 Å². The van der Waals surface area contributed by atoms with Gasteiger partial charge in [-0.25, -0.2) is 9.78 Å². The number of aliphatic hydroxyl groups is 1. The molecule has 0 bridgehead atoms. The van der Waals surface area contributed by atoms with Crippen molar-refractivity contribution in [1.29, 1.82) is 0 Å². The number of nitrogens with one attached hydrogen (secondary N) is 1. The first-order valence-corrected chi connectivity index (χ1v) is 8.07. The van der Waals surface area contributed by atoms with Gasteiger partial charge in [-0.2, -0.15) is 0 Å². The van der Waals surface area contributed by atoms with E-state index in [-0.39, 0.29) is 5.69 Å². The smallest absolute Gasteiger partial charge is 0.328 e. The lowest BCUT2D eigenvalue weighted by molar-refractivity contribution is -0.141. The minimum Gasteiger partial charge on any atom is -0.497 e. The molecule has 0 aliphatic rings. The Labute approximate surface area is 142 Å². The number of hydrogen-bond acceptors (Lipinski definition) is 6. The highest BCUT2D eigenvalue weighted by molar-refractivity contribution is 7.09. The fourth-order valence-electron chi connectivity index (χ4n) is 2.02. The zero-order valence-electron chi connectivity index (χ0n) is 13.2. The van der Waals surface area contributed by atoms with E-state index in [0.717, 1.165) is 16.3 Å². The number of aliphatic hydroxyl groups excluding tert-OH is 1. The average molecular weight is 350 g/mol. The molecule has 3 N–H and O–H groups in total. The Bertz CT molecular complexity index is 712. The number of aliphatic carboxylic acids is 1. The average Bonchev–Trinajstić information content (AvgIpc) is 3.01. The summed E-state index contributed by atoms with van der Waals surface area (Å²) >= 11 is 1.31. The fraction of sp³-hybridized carbons (Fsp3) is 0.312. The van der Waals surface area contributed by atoms with Crippen LogP contribution < -0.4 is 10.1 Å². The Balaban J connectivity index is 2.03. The first-order chi connectivity index (χ1) is 11.4. The zero-order valence-corrected chi connectivity index (χ0v) is 14.0. The third kappa shape index (κ3) is 4.53. The highest BCUT2D eigenvalue weighted by Crippen LogP contribution is 2.17. The van der Waals surface area contributed by atoms with Crippen LogP contribution in [0.2, 0.25) is 0 Å². The summed E-state index contributed by atoms with van der Waals surface area (Å²) in [6.45, 7) is 1.30. The monoisotopic (exact) mass is 350 g/mol. The first-order valence-electron chi connectivity index (χ1n) is 7.19. The molecular weight excluding hydrogens is 332 g/mol. The topological polar surface area (TPSA) is 109 Å². The van der Waals surface area contributed by atoms with Gasteiger partial charge in [0.1, 0.15) is 11.4 Å². The summed E-state index contributed by atoms with van der Waals surface area (Å²) < 4.78 is 5.10. The van der Waals surface area contributed by atoms with E-state index in [0.29, 0.717) is 6.42 Å². The van der Waals surface area contributed by atoms with E-state index in [1.807, 2.05) is 24.3 Å². The number of carboxylic acids is 1. The van der Waals surface area contributed by atoms with Crippen molar-refractivity contribution in [3.05, 3.63) is 45.9 Å². The Morgan fingerprint density at radius 2 is 2.00 bits per heavy atom. The van der Waals surface area contributed by atoms with E-state index in [4.69, 9.17) is 9.84 Å². The van der Waals surface area contributed by atoms with Crippen LogP contribution in [-0.2, 0) is 11.2 Å². The lowest BCUT2D eigenvalue weighted by atomic mass is 10.1. The number of carbonyl (C=O) groups is 2. The summed E-state index contributed by atoms with van der Waals surface area (Å²) in [5.41, 5.74) is 1.15. The van der Waals surface area contributed by atoms with Crippen LogP contribution in [0.25, 0.3) is 0 Å². The molecule has 2 rings (SSSR count). The van der Waals surface area contributed by atoms with Crippen LogP contribution in [0.4, 0.5) is 0 Å². The number of hydrogen-bond donors (Lipinski definition) is 3. The normalized spacial score (nSPS) is 13.1. The van der Waals surface area contributed by atoms with Gasteiger partial charge >= 0.3 is 5.97 Å². The van der Waals surface area contributed by atoms with Crippen LogP contribution >= 0.6 is 11.3 Å². The number of carboxylic acid groups (broad SMARTS) is 1. The molecule has 0 aliphatic heterocycles. The molecule has 1 heterocycles. The van der Waals surface area contributed by atoms with Crippen LogP contribution in [0.3, 0.4) is 0 Å². The van der Waals surface area contributed by atoms with Crippen molar-refractivity contribution < 1.29 is 24.5 Å². The summed E-state index contributed by atoms with van der Waals surface area (Å²) in [7, 11) is 1.60. The Morgan fingerprint density at radius 3 is 2.54 bits per heavy atom. The SMILES string of the molecule is COc1ccc(Cc2nc(C(=O)NC(C(=O)O)C(C)O)cs2)cc1. The lowest BCUT2D eigenvalue weighted by Gasteiger charge is -2.16. The molecule has 8 heteroatoms. The fourth-order valence-corrected chi connectivity index (χ4v) is 2.83. The maximum atomic E-state index is 12.1. The number of rotatable bonds is 7. The number of aromatic nitrogens is 1.